The van der Waals surface area contributed by atoms with Gasteiger partial charge in [-0.15, -0.1) is 0 Å². The van der Waals surface area contributed by atoms with Gasteiger partial charge < -0.3 is 19.3 Å². The van der Waals surface area contributed by atoms with Gasteiger partial charge in [-0.1, -0.05) is 0 Å². The summed E-state index contributed by atoms with van der Waals surface area (Å²) in [7, 11) is 0. The summed E-state index contributed by atoms with van der Waals surface area (Å²) in [6.45, 7) is 4.96. The second-order valence-corrected chi connectivity index (χ2v) is 7.09. The summed E-state index contributed by atoms with van der Waals surface area (Å²) in [6, 6.07) is 0. The first-order valence-corrected chi connectivity index (χ1v) is 9.95. The van der Waals surface area contributed by atoms with E-state index in [2.05, 4.69) is 30.2 Å². The number of alkyl halides is 3. The predicted octanol–water partition coefficient (Wildman–Crippen LogP) is 0.979. The van der Waals surface area contributed by atoms with Crippen molar-refractivity contribution in [3.05, 3.63) is 11.9 Å². The summed E-state index contributed by atoms with van der Waals surface area (Å²) in [5, 5.41) is 2.16. The lowest BCUT2D eigenvalue weighted by Crippen LogP contribution is -2.40. The number of amides is 1. The molecule has 4 heterocycles. The lowest BCUT2D eigenvalue weighted by Gasteiger charge is -2.30. The number of carbonyl (C=O) groups excluding carboxylic acids is 1. The van der Waals surface area contributed by atoms with Gasteiger partial charge in [0.25, 0.3) is 0 Å². The van der Waals surface area contributed by atoms with Crippen molar-refractivity contribution in [3.63, 3.8) is 0 Å². The second-order valence-electron chi connectivity index (χ2n) is 7.09. The van der Waals surface area contributed by atoms with Crippen molar-refractivity contribution in [1.82, 2.24) is 24.9 Å². The van der Waals surface area contributed by atoms with Crippen LogP contribution in [0.2, 0.25) is 0 Å². The molecule has 0 radical (unpaired) electrons. The van der Waals surface area contributed by atoms with Gasteiger partial charge in [-0.05, 0) is 0 Å². The van der Waals surface area contributed by atoms with Crippen LogP contribution < -0.4 is 15.1 Å². The van der Waals surface area contributed by atoms with E-state index in [1.54, 1.807) is 0 Å². The van der Waals surface area contributed by atoms with Crippen LogP contribution >= 0.6 is 0 Å². The molecule has 1 N–H and O–H groups in total. The largest absolute Gasteiger partial charge is 0.434 e. The quantitative estimate of drug-likeness (QED) is 0.716. The Morgan fingerprint density at radius 2 is 1.47 bits per heavy atom. The number of nitrogens with one attached hydrogen (secondary N) is 1. The van der Waals surface area contributed by atoms with Gasteiger partial charge in [0.1, 0.15) is 0 Å². The normalized spacial score (nSPS) is 17.4. The minimum Gasteiger partial charge on any atom is -0.378 e. The molecule has 0 bridgehead atoms. The number of halogens is 3. The van der Waals surface area contributed by atoms with E-state index in [-0.39, 0.29) is 17.7 Å². The van der Waals surface area contributed by atoms with E-state index < -0.39 is 29.3 Å². The Morgan fingerprint density at radius 1 is 0.938 bits per heavy atom. The molecule has 0 atom stereocenters. The van der Waals surface area contributed by atoms with Gasteiger partial charge in [-0.25, -0.2) is 9.97 Å². The highest BCUT2D eigenvalue weighted by atomic mass is 19.4. The van der Waals surface area contributed by atoms with Crippen LogP contribution in [-0.4, -0.2) is 83.4 Å². The highest BCUT2D eigenvalue weighted by Crippen LogP contribution is 2.35. The van der Waals surface area contributed by atoms with Crippen molar-refractivity contribution in [1.29, 1.82) is 0 Å². The summed E-state index contributed by atoms with van der Waals surface area (Å²) in [4.78, 5) is 35.4. The van der Waals surface area contributed by atoms with E-state index in [0.29, 0.717) is 52.6 Å². The first kappa shape index (κ1) is 22.1. The average Bonchev–Trinajstić information content (AvgIpc) is 2.79. The van der Waals surface area contributed by atoms with Crippen LogP contribution in [0.4, 0.5) is 31.0 Å². The molecule has 4 rings (SSSR count). The Hall–Kier alpha value is -3.13. The molecule has 0 spiro atoms. The Morgan fingerprint density at radius 3 is 1.94 bits per heavy atom. The van der Waals surface area contributed by atoms with E-state index in [9.17, 15) is 18.0 Å². The number of anilines is 3. The number of morpholine rings is 2. The van der Waals surface area contributed by atoms with Crippen molar-refractivity contribution in [2.45, 2.75) is 13.1 Å². The minimum atomic E-state index is -4.82. The number of carbonyl (C=O) groups is 1. The molecule has 0 aromatic carbocycles. The molecule has 172 valence electrons. The van der Waals surface area contributed by atoms with Crippen LogP contribution in [0.3, 0.4) is 0 Å². The number of aromatic nitrogens is 5. The Balaban J connectivity index is 1.81. The topological polar surface area (TPSA) is 118 Å². The molecular formula is C18H21F3N8O3. The maximum Gasteiger partial charge on any atom is 0.434 e. The number of ether oxygens (including phenoxy) is 2. The molecule has 11 nitrogen and oxygen atoms in total. The summed E-state index contributed by atoms with van der Waals surface area (Å²) in [5.41, 5.74) is -1.65. The molecular weight excluding hydrogens is 433 g/mol. The first-order chi connectivity index (χ1) is 15.3. The van der Waals surface area contributed by atoms with Gasteiger partial charge in [-0.2, -0.15) is 28.1 Å². The zero-order chi connectivity index (χ0) is 22.7. The van der Waals surface area contributed by atoms with Crippen LogP contribution in [0.5, 0.6) is 0 Å². The lowest BCUT2D eigenvalue weighted by atomic mass is 10.2. The van der Waals surface area contributed by atoms with Gasteiger partial charge in [0.05, 0.1) is 32.0 Å². The van der Waals surface area contributed by atoms with E-state index in [4.69, 9.17) is 9.47 Å². The fourth-order valence-corrected chi connectivity index (χ4v) is 3.26. The number of nitrogens with zero attached hydrogens (tertiary/aromatic N) is 7. The van der Waals surface area contributed by atoms with E-state index >= 15 is 0 Å². The first-order valence-electron chi connectivity index (χ1n) is 9.95. The van der Waals surface area contributed by atoms with Crippen molar-refractivity contribution >= 4 is 23.8 Å². The van der Waals surface area contributed by atoms with Crippen LogP contribution in [-0.2, 0) is 20.4 Å². The molecule has 2 saturated heterocycles. The smallest absolute Gasteiger partial charge is 0.378 e. The van der Waals surface area contributed by atoms with Crippen LogP contribution in [0.15, 0.2) is 6.20 Å². The van der Waals surface area contributed by atoms with E-state index in [0.717, 1.165) is 13.1 Å². The zero-order valence-electron chi connectivity index (χ0n) is 17.2. The van der Waals surface area contributed by atoms with Gasteiger partial charge in [0.2, 0.25) is 23.8 Å². The summed E-state index contributed by atoms with van der Waals surface area (Å²) >= 11 is 0. The van der Waals surface area contributed by atoms with Crippen LogP contribution in [0.25, 0.3) is 11.4 Å². The zero-order valence-corrected chi connectivity index (χ0v) is 17.2. The summed E-state index contributed by atoms with van der Waals surface area (Å²) < 4.78 is 52.2. The molecule has 32 heavy (non-hydrogen) atoms. The molecule has 14 heteroatoms. The molecule has 2 aliphatic heterocycles. The molecule has 2 aromatic rings. The minimum absolute atomic E-state index is 0.204. The van der Waals surface area contributed by atoms with E-state index in [1.807, 2.05) is 9.80 Å². The fourth-order valence-electron chi connectivity index (χ4n) is 3.26. The third-order valence-electron chi connectivity index (χ3n) is 4.79. The number of rotatable bonds is 4. The van der Waals surface area contributed by atoms with E-state index in [1.165, 1.54) is 0 Å². The van der Waals surface area contributed by atoms with Crippen molar-refractivity contribution in [2.24, 2.45) is 0 Å². The Kier molecular flexibility index (Phi) is 6.32. The molecule has 2 aromatic heterocycles. The summed E-state index contributed by atoms with van der Waals surface area (Å²) in [5.74, 6) is -0.748. The second kappa shape index (κ2) is 9.16. The van der Waals surface area contributed by atoms with Crippen LogP contribution in [0.1, 0.15) is 12.6 Å². The fraction of sp³-hybridized carbons (Fsp3) is 0.556. The molecule has 1 amide bonds. The maximum absolute atomic E-state index is 13.8. The number of hydrogen-bond acceptors (Lipinski definition) is 10. The third kappa shape index (κ3) is 5.02. The summed E-state index contributed by atoms with van der Waals surface area (Å²) in [6.07, 6.45) is -3.86. The van der Waals surface area contributed by atoms with Crippen molar-refractivity contribution in [3.8, 4) is 11.4 Å². The number of hydrogen-bond donors (Lipinski definition) is 1. The molecule has 0 saturated carbocycles. The monoisotopic (exact) mass is 454 g/mol. The standard InChI is InChI=1S/C18H21F3N8O3/c1-11(30)23-15-22-10-12(13(24-15)18(19,20)21)14-25-16(28-2-6-31-7-3-28)27-17(26-14)29-4-8-32-9-5-29/h10H,2-9H2,1H3,(H,22,23,24,30). The molecule has 0 aliphatic carbocycles. The third-order valence-corrected chi connectivity index (χ3v) is 4.79. The van der Waals surface area contributed by atoms with Gasteiger partial charge in [0.15, 0.2) is 11.5 Å². The molecule has 2 aliphatic rings. The predicted molar refractivity (Wildman–Crippen MR) is 106 cm³/mol. The van der Waals surface area contributed by atoms with Crippen LogP contribution in [0, 0.1) is 0 Å². The molecule has 2 fully saturated rings. The lowest BCUT2D eigenvalue weighted by molar-refractivity contribution is -0.140. The molecule has 0 unspecified atom stereocenters. The Labute approximate surface area is 181 Å². The highest BCUT2D eigenvalue weighted by Gasteiger charge is 2.38. The van der Waals surface area contributed by atoms with Gasteiger partial charge >= 0.3 is 6.18 Å². The van der Waals surface area contributed by atoms with Crippen molar-refractivity contribution < 1.29 is 27.4 Å². The average molecular weight is 454 g/mol. The van der Waals surface area contributed by atoms with Gasteiger partial charge in [0, 0.05) is 39.3 Å². The van der Waals surface area contributed by atoms with Gasteiger partial charge in [-0.3, -0.25) is 10.1 Å². The van der Waals surface area contributed by atoms with Crippen molar-refractivity contribution in [2.75, 3.05) is 67.7 Å². The maximum atomic E-state index is 13.8. The highest BCUT2D eigenvalue weighted by molar-refractivity contribution is 5.86. The SMILES string of the molecule is CC(=O)Nc1ncc(-c2nc(N3CCOCC3)nc(N3CCOCC3)n2)c(C(F)(F)F)n1. The Bertz CT molecular complexity index is 942.